The van der Waals surface area contributed by atoms with Crippen molar-refractivity contribution in [1.29, 1.82) is 0 Å². The lowest BCUT2D eigenvalue weighted by Gasteiger charge is -2.31. The van der Waals surface area contributed by atoms with Crippen LogP contribution in [0.25, 0.3) is 0 Å². The fourth-order valence-corrected chi connectivity index (χ4v) is 2.13. The van der Waals surface area contributed by atoms with E-state index in [1.807, 2.05) is 26.8 Å². The Balaban J connectivity index is 2.30. The van der Waals surface area contributed by atoms with Gasteiger partial charge in [0.2, 0.25) is 0 Å². The minimum Gasteiger partial charge on any atom is -0.456 e. The Hall–Kier alpha value is -1.75. The number of nitrogens with two attached hydrogens (primary N) is 1. The summed E-state index contributed by atoms with van der Waals surface area (Å²) in [6, 6.07) is 5.36. The van der Waals surface area contributed by atoms with Crippen LogP contribution in [0, 0.1) is 0 Å². The van der Waals surface area contributed by atoms with Crippen LogP contribution in [-0.2, 0) is 9.47 Å². The normalized spacial score (nSPS) is 16.1. The second kappa shape index (κ2) is 5.71. The molecule has 1 aliphatic rings. The third kappa shape index (κ3) is 3.63. The number of carbonyl (C=O) groups is 1. The van der Waals surface area contributed by atoms with Gasteiger partial charge in [-0.2, -0.15) is 0 Å². The zero-order chi connectivity index (χ0) is 14.8. The van der Waals surface area contributed by atoms with Crippen molar-refractivity contribution in [1.82, 2.24) is 0 Å². The fourth-order valence-electron chi connectivity index (χ4n) is 2.13. The molecule has 2 N–H and O–H groups in total. The van der Waals surface area contributed by atoms with E-state index in [4.69, 9.17) is 15.2 Å². The molecule has 0 amide bonds. The minimum absolute atomic E-state index is 0.341. The molecule has 0 radical (unpaired) electrons. The number of esters is 1. The number of nitrogens with zero attached hydrogens (tertiary/aromatic N) is 1. The van der Waals surface area contributed by atoms with E-state index >= 15 is 0 Å². The van der Waals surface area contributed by atoms with Crippen molar-refractivity contribution in [2.24, 2.45) is 0 Å². The summed E-state index contributed by atoms with van der Waals surface area (Å²) >= 11 is 0. The zero-order valence-electron chi connectivity index (χ0n) is 12.3. The van der Waals surface area contributed by atoms with Gasteiger partial charge in [0.15, 0.2) is 0 Å². The molecule has 1 heterocycles. The number of rotatable bonds is 2. The maximum atomic E-state index is 12.3. The van der Waals surface area contributed by atoms with Gasteiger partial charge in [0.05, 0.1) is 24.5 Å². The van der Waals surface area contributed by atoms with Gasteiger partial charge < -0.3 is 20.1 Å². The highest BCUT2D eigenvalue weighted by molar-refractivity contribution is 5.97. The number of benzene rings is 1. The maximum absolute atomic E-state index is 12.3. The summed E-state index contributed by atoms with van der Waals surface area (Å²) in [4.78, 5) is 14.5. The number of hydrogen-bond acceptors (Lipinski definition) is 5. The molecule has 0 aliphatic carbocycles. The second-order valence-electron chi connectivity index (χ2n) is 5.88. The Bertz CT molecular complexity index is 488. The first-order chi connectivity index (χ1) is 9.37. The van der Waals surface area contributed by atoms with Gasteiger partial charge in [-0.3, -0.25) is 0 Å². The molecule has 2 rings (SSSR count). The Kier molecular flexibility index (Phi) is 4.18. The number of nitrogen functional groups attached to an aromatic ring is 1. The van der Waals surface area contributed by atoms with E-state index < -0.39 is 5.60 Å². The molecule has 0 bridgehead atoms. The molecule has 1 saturated heterocycles. The van der Waals surface area contributed by atoms with Crippen molar-refractivity contribution in [3.05, 3.63) is 23.8 Å². The van der Waals surface area contributed by atoms with Crippen LogP contribution in [0.2, 0.25) is 0 Å². The Morgan fingerprint density at radius 2 is 1.95 bits per heavy atom. The summed E-state index contributed by atoms with van der Waals surface area (Å²) in [7, 11) is 0. The molecular weight excluding hydrogens is 256 g/mol. The quantitative estimate of drug-likeness (QED) is 0.662. The second-order valence-corrected chi connectivity index (χ2v) is 5.88. The molecule has 0 atom stereocenters. The highest BCUT2D eigenvalue weighted by Crippen LogP contribution is 2.26. The first-order valence-corrected chi connectivity index (χ1v) is 6.82. The molecule has 0 aromatic heterocycles. The van der Waals surface area contributed by atoms with Crippen molar-refractivity contribution in [3.63, 3.8) is 0 Å². The van der Waals surface area contributed by atoms with Gasteiger partial charge >= 0.3 is 5.97 Å². The lowest BCUT2D eigenvalue weighted by Crippen LogP contribution is -2.37. The standard InChI is InChI=1S/C15H22N2O3/c1-15(2,3)20-14(18)12-10-11(16)4-5-13(12)17-6-8-19-9-7-17/h4-5,10H,6-9,16H2,1-3H3. The van der Waals surface area contributed by atoms with Crippen molar-refractivity contribution in [2.45, 2.75) is 26.4 Å². The van der Waals surface area contributed by atoms with Gasteiger partial charge in [-0.15, -0.1) is 0 Å². The van der Waals surface area contributed by atoms with Crippen molar-refractivity contribution in [2.75, 3.05) is 36.9 Å². The molecule has 5 heteroatoms. The van der Waals surface area contributed by atoms with Crippen LogP contribution in [0.3, 0.4) is 0 Å². The first-order valence-electron chi connectivity index (χ1n) is 6.82. The molecule has 1 aromatic carbocycles. The van der Waals surface area contributed by atoms with E-state index in [2.05, 4.69) is 4.90 Å². The molecule has 1 aliphatic heterocycles. The van der Waals surface area contributed by atoms with Gasteiger partial charge in [0.1, 0.15) is 5.60 Å². The topological polar surface area (TPSA) is 64.8 Å². The lowest BCUT2D eigenvalue weighted by atomic mass is 10.1. The van der Waals surface area contributed by atoms with Crippen LogP contribution >= 0.6 is 0 Å². The Morgan fingerprint density at radius 1 is 1.30 bits per heavy atom. The van der Waals surface area contributed by atoms with Crippen LogP contribution in [0.5, 0.6) is 0 Å². The predicted octanol–water partition coefficient (Wildman–Crippen LogP) is 2.06. The SMILES string of the molecule is CC(C)(C)OC(=O)c1cc(N)ccc1N1CCOCC1. The molecular formula is C15H22N2O3. The van der Waals surface area contributed by atoms with E-state index in [0.717, 1.165) is 18.8 Å². The third-order valence-corrected chi connectivity index (χ3v) is 2.99. The number of hydrogen-bond donors (Lipinski definition) is 1. The van der Waals surface area contributed by atoms with Gasteiger partial charge in [0.25, 0.3) is 0 Å². The van der Waals surface area contributed by atoms with E-state index in [1.165, 1.54) is 0 Å². The molecule has 110 valence electrons. The molecule has 0 spiro atoms. The highest BCUT2D eigenvalue weighted by atomic mass is 16.6. The summed E-state index contributed by atoms with van der Waals surface area (Å²) in [6.07, 6.45) is 0. The molecule has 20 heavy (non-hydrogen) atoms. The fraction of sp³-hybridized carbons (Fsp3) is 0.533. The molecule has 0 unspecified atom stereocenters. The van der Waals surface area contributed by atoms with Crippen LogP contribution in [0.1, 0.15) is 31.1 Å². The number of morpholine rings is 1. The van der Waals surface area contributed by atoms with Crippen LogP contribution < -0.4 is 10.6 Å². The summed E-state index contributed by atoms with van der Waals surface area (Å²) in [5.41, 5.74) is 7.22. The third-order valence-electron chi connectivity index (χ3n) is 2.99. The number of anilines is 2. The monoisotopic (exact) mass is 278 g/mol. The number of ether oxygens (including phenoxy) is 2. The average Bonchev–Trinajstić information content (AvgIpc) is 2.37. The highest BCUT2D eigenvalue weighted by Gasteiger charge is 2.23. The molecule has 5 nitrogen and oxygen atoms in total. The minimum atomic E-state index is -0.524. The van der Waals surface area contributed by atoms with Crippen molar-refractivity contribution < 1.29 is 14.3 Å². The van der Waals surface area contributed by atoms with Crippen molar-refractivity contribution >= 4 is 17.3 Å². The molecule has 0 saturated carbocycles. The maximum Gasteiger partial charge on any atom is 0.340 e. The predicted molar refractivity (Wildman–Crippen MR) is 79.1 cm³/mol. The Morgan fingerprint density at radius 3 is 2.55 bits per heavy atom. The summed E-state index contributed by atoms with van der Waals surface area (Å²) in [6.45, 7) is 8.42. The van der Waals surface area contributed by atoms with E-state index in [9.17, 15) is 4.79 Å². The van der Waals surface area contributed by atoms with Crippen LogP contribution in [0.15, 0.2) is 18.2 Å². The lowest BCUT2D eigenvalue weighted by molar-refractivity contribution is 0.00698. The van der Waals surface area contributed by atoms with E-state index in [-0.39, 0.29) is 5.97 Å². The van der Waals surface area contributed by atoms with Gasteiger partial charge in [-0.1, -0.05) is 0 Å². The smallest absolute Gasteiger partial charge is 0.340 e. The largest absolute Gasteiger partial charge is 0.456 e. The summed E-state index contributed by atoms with van der Waals surface area (Å²) in [5.74, 6) is -0.341. The molecule has 1 fully saturated rings. The zero-order valence-corrected chi connectivity index (χ0v) is 12.3. The number of carbonyl (C=O) groups excluding carboxylic acids is 1. The van der Waals surface area contributed by atoms with Gasteiger partial charge in [-0.25, -0.2) is 4.79 Å². The van der Waals surface area contributed by atoms with Crippen LogP contribution in [0.4, 0.5) is 11.4 Å². The van der Waals surface area contributed by atoms with Gasteiger partial charge in [0, 0.05) is 18.8 Å². The summed E-state index contributed by atoms with van der Waals surface area (Å²) < 4.78 is 10.8. The summed E-state index contributed by atoms with van der Waals surface area (Å²) in [5, 5.41) is 0. The van der Waals surface area contributed by atoms with Gasteiger partial charge in [-0.05, 0) is 39.0 Å². The Labute approximate surface area is 119 Å². The average molecular weight is 278 g/mol. The van der Waals surface area contributed by atoms with E-state index in [1.54, 1.807) is 12.1 Å². The molecule has 1 aromatic rings. The first kappa shape index (κ1) is 14.7. The van der Waals surface area contributed by atoms with Crippen molar-refractivity contribution in [3.8, 4) is 0 Å². The van der Waals surface area contributed by atoms with Crippen LogP contribution in [-0.4, -0.2) is 37.9 Å². The van der Waals surface area contributed by atoms with E-state index in [0.29, 0.717) is 24.5 Å².